The lowest BCUT2D eigenvalue weighted by atomic mass is 10.1. The van der Waals surface area contributed by atoms with Crippen LogP contribution in [0.3, 0.4) is 0 Å². The topological polar surface area (TPSA) is 55.8 Å². The highest BCUT2D eigenvalue weighted by Crippen LogP contribution is 2.03. The second-order valence-electron chi connectivity index (χ2n) is 3.91. The van der Waals surface area contributed by atoms with Crippen molar-refractivity contribution in [2.45, 2.75) is 19.8 Å². The van der Waals surface area contributed by atoms with Gasteiger partial charge in [0.1, 0.15) is 6.61 Å². The first-order valence-corrected chi connectivity index (χ1v) is 5.56. The van der Waals surface area contributed by atoms with Crippen LogP contribution in [-0.2, 0) is 19.1 Å². The average Bonchev–Trinajstić information content (AvgIpc) is 2.32. The predicted octanol–water partition coefficient (Wildman–Crippen LogP) is 0.926. The van der Waals surface area contributed by atoms with E-state index in [4.69, 9.17) is 0 Å². The van der Waals surface area contributed by atoms with E-state index in [1.54, 1.807) is 6.92 Å². The highest BCUT2D eigenvalue weighted by molar-refractivity contribution is 5.77. The minimum Gasteiger partial charge on any atom is -0.469 e. The SMILES string of the molecule is COC(=O)C(C)CN(C)C(=O)CCOCC(F)F. The lowest BCUT2D eigenvalue weighted by molar-refractivity contribution is -0.146. The summed E-state index contributed by atoms with van der Waals surface area (Å²) in [5.74, 6) is -1.09. The lowest BCUT2D eigenvalue weighted by Crippen LogP contribution is -2.34. The zero-order valence-electron chi connectivity index (χ0n) is 10.8. The fraction of sp³-hybridized carbons (Fsp3) is 0.818. The Bertz CT molecular complexity index is 274. The van der Waals surface area contributed by atoms with Crippen LogP contribution in [0.4, 0.5) is 8.78 Å². The number of rotatable bonds is 8. The molecule has 0 aromatic heterocycles. The van der Waals surface area contributed by atoms with Gasteiger partial charge in [0, 0.05) is 13.6 Å². The molecule has 0 saturated carbocycles. The van der Waals surface area contributed by atoms with Crippen molar-refractivity contribution in [2.24, 2.45) is 5.92 Å². The Morgan fingerprint density at radius 2 is 1.94 bits per heavy atom. The van der Waals surface area contributed by atoms with E-state index in [2.05, 4.69) is 9.47 Å². The first-order valence-electron chi connectivity index (χ1n) is 5.56. The molecule has 0 aromatic carbocycles. The fourth-order valence-corrected chi connectivity index (χ4v) is 1.31. The molecule has 0 aliphatic heterocycles. The molecule has 0 radical (unpaired) electrons. The molecule has 0 N–H and O–H groups in total. The van der Waals surface area contributed by atoms with Crippen LogP contribution in [-0.4, -0.2) is 57.1 Å². The van der Waals surface area contributed by atoms with Crippen LogP contribution in [0.25, 0.3) is 0 Å². The molecule has 7 heteroatoms. The van der Waals surface area contributed by atoms with E-state index in [9.17, 15) is 18.4 Å². The van der Waals surface area contributed by atoms with Gasteiger partial charge < -0.3 is 14.4 Å². The number of halogens is 2. The summed E-state index contributed by atoms with van der Waals surface area (Å²) in [7, 11) is 2.81. The second kappa shape index (κ2) is 8.79. The van der Waals surface area contributed by atoms with Crippen LogP contribution in [0.15, 0.2) is 0 Å². The van der Waals surface area contributed by atoms with Gasteiger partial charge in [-0.05, 0) is 0 Å². The van der Waals surface area contributed by atoms with E-state index in [1.807, 2.05) is 0 Å². The van der Waals surface area contributed by atoms with Crippen molar-refractivity contribution in [1.29, 1.82) is 0 Å². The van der Waals surface area contributed by atoms with Crippen molar-refractivity contribution >= 4 is 11.9 Å². The summed E-state index contributed by atoms with van der Waals surface area (Å²) in [4.78, 5) is 24.0. The van der Waals surface area contributed by atoms with Crippen LogP contribution in [0.2, 0.25) is 0 Å². The van der Waals surface area contributed by atoms with Crippen molar-refractivity contribution in [3.63, 3.8) is 0 Å². The monoisotopic (exact) mass is 267 g/mol. The van der Waals surface area contributed by atoms with Crippen LogP contribution in [0.1, 0.15) is 13.3 Å². The smallest absolute Gasteiger partial charge is 0.310 e. The van der Waals surface area contributed by atoms with Gasteiger partial charge in [0.25, 0.3) is 6.43 Å². The quantitative estimate of drug-likeness (QED) is 0.485. The molecule has 1 amide bonds. The van der Waals surface area contributed by atoms with Crippen LogP contribution in [0, 0.1) is 5.92 Å². The van der Waals surface area contributed by atoms with Crippen LogP contribution in [0.5, 0.6) is 0 Å². The van der Waals surface area contributed by atoms with Gasteiger partial charge >= 0.3 is 5.97 Å². The minimum absolute atomic E-state index is 0.0110. The fourth-order valence-electron chi connectivity index (χ4n) is 1.31. The number of amides is 1. The molecule has 1 atom stereocenters. The summed E-state index contributed by atoms with van der Waals surface area (Å²) in [6, 6.07) is 0. The van der Waals surface area contributed by atoms with E-state index in [0.717, 1.165) is 0 Å². The maximum Gasteiger partial charge on any atom is 0.310 e. The number of carbonyl (C=O) groups is 2. The Morgan fingerprint density at radius 1 is 1.33 bits per heavy atom. The summed E-state index contributed by atoms with van der Waals surface area (Å²) < 4.78 is 32.6. The van der Waals surface area contributed by atoms with Gasteiger partial charge in [-0.15, -0.1) is 0 Å². The third-order valence-electron chi connectivity index (χ3n) is 2.28. The standard InChI is InChI=1S/C11H19F2NO4/c1-8(11(16)17-3)6-14(2)10(15)4-5-18-7-9(12)13/h8-9H,4-7H2,1-3H3. The maximum absolute atomic E-state index is 11.7. The van der Waals surface area contributed by atoms with Gasteiger partial charge in [0.2, 0.25) is 5.91 Å². The third-order valence-corrected chi connectivity index (χ3v) is 2.28. The van der Waals surface area contributed by atoms with Crippen LogP contribution < -0.4 is 0 Å². The van der Waals surface area contributed by atoms with E-state index >= 15 is 0 Å². The van der Waals surface area contributed by atoms with E-state index in [-0.39, 0.29) is 25.5 Å². The molecule has 1 unspecified atom stereocenters. The normalized spacial score (nSPS) is 12.3. The van der Waals surface area contributed by atoms with Crippen LogP contribution >= 0.6 is 0 Å². The molecule has 5 nitrogen and oxygen atoms in total. The largest absolute Gasteiger partial charge is 0.469 e. The van der Waals surface area contributed by atoms with Crippen molar-refractivity contribution in [2.75, 3.05) is 33.9 Å². The summed E-state index contributed by atoms with van der Waals surface area (Å²) >= 11 is 0. The molecular weight excluding hydrogens is 248 g/mol. The molecular formula is C11H19F2NO4. The number of methoxy groups -OCH3 is 1. The average molecular weight is 267 g/mol. The second-order valence-corrected chi connectivity index (χ2v) is 3.91. The Hall–Kier alpha value is -1.24. The molecule has 18 heavy (non-hydrogen) atoms. The highest BCUT2D eigenvalue weighted by Gasteiger charge is 2.18. The number of nitrogens with zero attached hydrogens (tertiary/aromatic N) is 1. The molecule has 0 aliphatic carbocycles. The summed E-state index contributed by atoms with van der Waals surface area (Å²) in [5.41, 5.74) is 0. The van der Waals surface area contributed by atoms with Gasteiger partial charge in [-0.1, -0.05) is 6.92 Å². The number of carbonyl (C=O) groups excluding carboxylic acids is 2. The Labute approximate surface area is 105 Å². The molecule has 0 aromatic rings. The summed E-state index contributed by atoms with van der Waals surface area (Å²) in [5, 5.41) is 0. The van der Waals surface area contributed by atoms with Crippen molar-refractivity contribution < 1.29 is 27.8 Å². The third kappa shape index (κ3) is 7.16. The van der Waals surface area contributed by atoms with Gasteiger partial charge in [0.05, 0.1) is 26.1 Å². The van der Waals surface area contributed by atoms with Gasteiger partial charge in [-0.3, -0.25) is 9.59 Å². The number of hydrogen-bond acceptors (Lipinski definition) is 4. The highest BCUT2D eigenvalue weighted by atomic mass is 19.3. The Morgan fingerprint density at radius 3 is 2.44 bits per heavy atom. The first kappa shape index (κ1) is 16.8. The van der Waals surface area contributed by atoms with E-state index < -0.39 is 24.9 Å². The zero-order valence-corrected chi connectivity index (χ0v) is 10.8. The summed E-state index contributed by atoms with van der Waals surface area (Å²) in [6.07, 6.45) is -2.52. The molecule has 0 spiro atoms. The summed E-state index contributed by atoms with van der Waals surface area (Å²) in [6.45, 7) is 1.14. The predicted molar refractivity (Wildman–Crippen MR) is 60.3 cm³/mol. The molecule has 0 bridgehead atoms. The van der Waals surface area contributed by atoms with Gasteiger partial charge in [-0.25, -0.2) is 8.78 Å². The number of alkyl halides is 2. The molecule has 106 valence electrons. The number of hydrogen-bond donors (Lipinski definition) is 0. The Balaban J connectivity index is 3.85. The maximum atomic E-state index is 11.7. The Kier molecular flexibility index (Phi) is 8.19. The molecule has 0 saturated heterocycles. The molecule has 0 fully saturated rings. The lowest BCUT2D eigenvalue weighted by Gasteiger charge is -2.20. The van der Waals surface area contributed by atoms with Crippen molar-refractivity contribution in [3.8, 4) is 0 Å². The molecule has 0 heterocycles. The number of esters is 1. The van der Waals surface area contributed by atoms with Crippen molar-refractivity contribution in [3.05, 3.63) is 0 Å². The zero-order chi connectivity index (χ0) is 14.1. The number of ether oxygens (including phenoxy) is 2. The van der Waals surface area contributed by atoms with Gasteiger partial charge in [-0.2, -0.15) is 0 Å². The van der Waals surface area contributed by atoms with E-state index in [0.29, 0.717) is 0 Å². The van der Waals surface area contributed by atoms with Gasteiger partial charge in [0.15, 0.2) is 0 Å². The molecule has 0 aliphatic rings. The minimum atomic E-state index is -2.53. The van der Waals surface area contributed by atoms with Crippen molar-refractivity contribution in [1.82, 2.24) is 4.90 Å². The first-order chi connectivity index (χ1) is 8.38. The molecule has 0 rings (SSSR count). The van der Waals surface area contributed by atoms with E-state index in [1.165, 1.54) is 19.1 Å².